The Labute approximate surface area is 142 Å². The molecule has 0 saturated carbocycles. The van der Waals surface area contributed by atoms with Gasteiger partial charge in [-0.3, -0.25) is 0 Å². The average Bonchev–Trinajstić information content (AvgIpc) is 2.87. The summed E-state index contributed by atoms with van der Waals surface area (Å²) >= 11 is 6.59. The number of benzene rings is 1. The molecule has 1 saturated heterocycles. The molecule has 1 aromatic rings. The third-order valence-corrected chi connectivity index (χ3v) is 6.96. The number of hydrogen-bond donors (Lipinski definition) is 1. The molecule has 2 rings (SSSR count). The molecule has 1 fully saturated rings. The summed E-state index contributed by atoms with van der Waals surface area (Å²) in [6, 6.07) is 3.30. The molecule has 5 nitrogen and oxygen atoms in total. The number of nitrogen functional groups attached to an aromatic ring is 1. The van der Waals surface area contributed by atoms with Crippen LogP contribution in [0.25, 0.3) is 0 Å². The molecule has 1 aliphatic rings. The summed E-state index contributed by atoms with van der Waals surface area (Å²) in [4.78, 5) is 2.42. The first-order valence-corrected chi connectivity index (χ1v) is 9.78. The molecule has 0 unspecified atom stereocenters. The van der Waals surface area contributed by atoms with E-state index in [4.69, 9.17) is 5.73 Å². The van der Waals surface area contributed by atoms with Gasteiger partial charge < -0.3 is 10.6 Å². The van der Waals surface area contributed by atoms with Gasteiger partial charge in [0.05, 0.1) is 5.69 Å². The van der Waals surface area contributed by atoms with Crippen LogP contribution in [-0.4, -0.2) is 50.8 Å². The third kappa shape index (κ3) is 3.98. The van der Waals surface area contributed by atoms with Crippen LogP contribution in [0.3, 0.4) is 0 Å². The fraction of sp³-hybridized carbons (Fsp3) is 0.538. The molecule has 1 aliphatic heterocycles. The first-order chi connectivity index (χ1) is 9.82. The van der Waals surface area contributed by atoms with Crippen molar-refractivity contribution in [1.82, 2.24) is 9.21 Å². The van der Waals surface area contributed by atoms with E-state index in [2.05, 4.69) is 36.8 Å². The van der Waals surface area contributed by atoms with Crippen LogP contribution in [0.4, 0.5) is 5.69 Å². The summed E-state index contributed by atoms with van der Waals surface area (Å²) in [5.74, 6) is 0. The maximum Gasteiger partial charge on any atom is 0.246 e. The van der Waals surface area contributed by atoms with E-state index in [1.54, 1.807) is 19.2 Å². The molecule has 0 aliphatic carbocycles. The van der Waals surface area contributed by atoms with Crippen molar-refractivity contribution >= 4 is 47.6 Å². The SMILES string of the molecule is CN(CCN1CCCC1)S(=O)(=O)c1c(N)cc(Br)cc1Br. The largest absolute Gasteiger partial charge is 0.398 e. The van der Waals surface area contributed by atoms with Gasteiger partial charge in [-0.05, 0) is 54.0 Å². The standard InChI is InChI=1S/C13H19Br2N3O2S/c1-17(6-7-18-4-2-3-5-18)21(19,20)13-11(15)8-10(14)9-12(13)16/h8-9H,2-7,16H2,1H3. The number of likely N-dealkylation sites (N-methyl/N-ethyl adjacent to an activating group) is 1. The summed E-state index contributed by atoms with van der Waals surface area (Å²) < 4.78 is 27.9. The van der Waals surface area contributed by atoms with Crippen molar-refractivity contribution in [2.75, 3.05) is 39.0 Å². The molecule has 2 N–H and O–H groups in total. The first kappa shape index (κ1) is 17.2. The highest BCUT2D eigenvalue weighted by Gasteiger charge is 2.27. The molecular formula is C13H19Br2N3O2S. The van der Waals surface area contributed by atoms with E-state index < -0.39 is 10.0 Å². The van der Waals surface area contributed by atoms with Crippen LogP contribution in [0, 0.1) is 0 Å². The summed E-state index contributed by atoms with van der Waals surface area (Å²) in [6.07, 6.45) is 2.39. The maximum atomic E-state index is 12.7. The Kier molecular flexibility index (Phi) is 5.70. The van der Waals surface area contributed by atoms with Gasteiger partial charge in [0.25, 0.3) is 0 Å². The van der Waals surface area contributed by atoms with E-state index in [0.717, 1.165) is 24.1 Å². The average molecular weight is 441 g/mol. The Bertz CT molecular complexity index is 593. The minimum absolute atomic E-state index is 0.134. The highest BCUT2D eigenvalue weighted by atomic mass is 79.9. The van der Waals surface area contributed by atoms with Gasteiger partial charge in [0.2, 0.25) is 10.0 Å². The number of nitrogens with zero attached hydrogens (tertiary/aromatic N) is 2. The second-order valence-corrected chi connectivity index (χ2v) is 8.93. The van der Waals surface area contributed by atoms with E-state index in [-0.39, 0.29) is 10.6 Å². The minimum Gasteiger partial charge on any atom is -0.398 e. The smallest absolute Gasteiger partial charge is 0.246 e. The van der Waals surface area contributed by atoms with Crippen molar-refractivity contribution in [2.45, 2.75) is 17.7 Å². The molecule has 1 heterocycles. The lowest BCUT2D eigenvalue weighted by Crippen LogP contribution is -2.35. The Morgan fingerprint density at radius 1 is 1.29 bits per heavy atom. The second-order valence-electron chi connectivity index (χ2n) is 5.18. The van der Waals surface area contributed by atoms with Crippen LogP contribution in [0.2, 0.25) is 0 Å². The number of sulfonamides is 1. The molecule has 0 spiro atoms. The molecule has 0 bridgehead atoms. The van der Waals surface area contributed by atoms with Crippen molar-refractivity contribution in [3.63, 3.8) is 0 Å². The monoisotopic (exact) mass is 439 g/mol. The molecule has 0 radical (unpaired) electrons. The van der Waals surface area contributed by atoms with Crippen molar-refractivity contribution < 1.29 is 8.42 Å². The van der Waals surface area contributed by atoms with E-state index in [0.29, 0.717) is 11.0 Å². The fourth-order valence-corrected chi connectivity index (χ4v) is 5.58. The van der Waals surface area contributed by atoms with E-state index in [1.165, 1.54) is 17.1 Å². The lowest BCUT2D eigenvalue weighted by molar-refractivity contribution is 0.310. The predicted molar refractivity (Wildman–Crippen MR) is 91.7 cm³/mol. The Balaban J connectivity index is 2.17. The highest BCUT2D eigenvalue weighted by Crippen LogP contribution is 2.33. The number of hydrogen-bond acceptors (Lipinski definition) is 4. The van der Waals surface area contributed by atoms with Gasteiger partial charge in [-0.25, -0.2) is 8.42 Å². The molecule has 21 heavy (non-hydrogen) atoms. The second kappa shape index (κ2) is 6.95. The van der Waals surface area contributed by atoms with E-state index >= 15 is 0 Å². The fourth-order valence-electron chi connectivity index (χ4n) is 2.42. The lowest BCUT2D eigenvalue weighted by Gasteiger charge is -2.22. The molecule has 0 amide bonds. The Morgan fingerprint density at radius 3 is 2.48 bits per heavy atom. The number of rotatable bonds is 5. The zero-order valence-corrected chi connectivity index (χ0v) is 15.8. The number of anilines is 1. The number of likely N-dealkylation sites (tertiary alicyclic amines) is 1. The third-order valence-electron chi connectivity index (χ3n) is 3.64. The quantitative estimate of drug-likeness (QED) is 0.714. The van der Waals surface area contributed by atoms with Gasteiger partial charge in [0, 0.05) is 29.1 Å². The minimum atomic E-state index is -3.59. The number of halogens is 2. The molecule has 118 valence electrons. The number of nitrogens with two attached hydrogens (primary N) is 1. The zero-order valence-electron chi connectivity index (χ0n) is 11.8. The van der Waals surface area contributed by atoms with Gasteiger partial charge in [0.1, 0.15) is 4.90 Å². The maximum absolute atomic E-state index is 12.7. The van der Waals surface area contributed by atoms with Crippen molar-refractivity contribution in [2.24, 2.45) is 0 Å². The summed E-state index contributed by atoms with van der Waals surface area (Å²) in [5.41, 5.74) is 6.13. The van der Waals surface area contributed by atoms with Crippen LogP contribution < -0.4 is 5.73 Å². The van der Waals surface area contributed by atoms with E-state index in [1.807, 2.05) is 0 Å². The van der Waals surface area contributed by atoms with Crippen molar-refractivity contribution in [1.29, 1.82) is 0 Å². The molecule has 1 aromatic carbocycles. The molecule has 8 heteroatoms. The summed E-state index contributed by atoms with van der Waals surface area (Å²) in [5, 5.41) is 0. The Hall–Kier alpha value is -0.150. The van der Waals surface area contributed by atoms with Gasteiger partial charge in [-0.2, -0.15) is 4.31 Å². The Morgan fingerprint density at radius 2 is 1.90 bits per heavy atom. The van der Waals surface area contributed by atoms with Crippen molar-refractivity contribution in [3.8, 4) is 0 Å². The van der Waals surface area contributed by atoms with Gasteiger partial charge in [-0.15, -0.1) is 0 Å². The molecule has 0 atom stereocenters. The lowest BCUT2D eigenvalue weighted by atomic mass is 10.3. The van der Waals surface area contributed by atoms with Gasteiger partial charge in [0.15, 0.2) is 0 Å². The van der Waals surface area contributed by atoms with Crippen LogP contribution in [0.15, 0.2) is 26.0 Å². The van der Waals surface area contributed by atoms with Crippen molar-refractivity contribution in [3.05, 3.63) is 21.1 Å². The van der Waals surface area contributed by atoms with Gasteiger partial charge >= 0.3 is 0 Å². The summed E-state index contributed by atoms with van der Waals surface area (Å²) in [6.45, 7) is 3.32. The van der Waals surface area contributed by atoms with Crippen LogP contribution in [-0.2, 0) is 10.0 Å². The molecular weight excluding hydrogens is 422 g/mol. The highest BCUT2D eigenvalue weighted by molar-refractivity contribution is 9.11. The van der Waals surface area contributed by atoms with E-state index in [9.17, 15) is 8.42 Å². The van der Waals surface area contributed by atoms with Gasteiger partial charge in [-0.1, -0.05) is 15.9 Å². The summed E-state index contributed by atoms with van der Waals surface area (Å²) in [7, 11) is -2.00. The van der Waals surface area contributed by atoms with Crippen LogP contribution >= 0.6 is 31.9 Å². The first-order valence-electron chi connectivity index (χ1n) is 6.75. The normalized spacial score (nSPS) is 16.8. The van der Waals surface area contributed by atoms with Crippen LogP contribution in [0.1, 0.15) is 12.8 Å². The van der Waals surface area contributed by atoms with Crippen LogP contribution in [0.5, 0.6) is 0 Å². The predicted octanol–water partition coefficient (Wildman–Crippen LogP) is 2.51. The molecule has 0 aromatic heterocycles. The zero-order chi connectivity index (χ0) is 15.6. The topological polar surface area (TPSA) is 66.6 Å².